The molecule has 3 rings (SSSR count). The van der Waals surface area contributed by atoms with E-state index in [1.807, 2.05) is 0 Å². The summed E-state index contributed by atoms with van der Waals surface area (Å²) in [4.78, 5) is 44.5. The average Bonchev–Trinajstić information content (AvgIpc) is 2.98. The van der Waals surface area contributed by atoms with E-state index in [0.717, 1.165) is 13.2 Å². The minimum absolute atomic E-state index is 0.0177. The SMILES string of the molecule is CCOC(=O)C(C(=O)OCC)c1nc(Nc2cc(OCc3c(OC)ccc(F)c3F)c(OC)cc2Cl)c([N+](=O)[O-])c(OC)n1. The van der Waals surface area contributed by atoms with Crippen molar-refractivity contribution in [3.8, 4) is 23.1 Å². The standard InChI is InChI=1S/C27H27ClF2N4O10/c1-6-42-26(35)20(27(36)43-7-2)23-32-24(22(34(37)38)25(33-23)41-5)31-16-11-19(18(40-4)10-14(16)28)44-12-13-17(39-3)9-8-15(29)21(13)30/h8-11,20H,6-7,12H2,1-5H3,(H,31,32,33). The number of aromatic nitrogens is 2. The number of nitro groups is 1. The smallest absolute Gasteiger partial charge is 0.373 e. The molecular formula is C27H27ClF2N4O10. The predicted molar refractivity (Wildman–Crippen MR) is 150 cm³/mol. The first-order valence-corrected chi connectivity index (χ1v) is 13.1. The first-order chi connectivity index (χ1) is 21.0. The molecule has 0 saturated carbocycles. The Morgan fingerprint density at radius 1 is 0.977 bits per heavy atom. The quantitative estimate of drug-likeness (QED) is 0.110. The van der Waals surface area contributed by atoms with Gasteiger partial charge in [0.2, 0.25) is 11.7 Å². The fourth-order valence-electron chi connectivity index (χ4n) is 3.81. The maximum absolute atomic E-state index is 14.5. The molecule has 1 N–H and O–H groups in total. The van der Waals surface area contributed by atoms with Crippen molar-refractivity contribution in [3.05, 3.63) is 62.4 Å². The van der Waals surface area contributed by atoms with Crippen LogP contribution in [0.5, 0.6) is 23.1 Å². The summed E-state index contributed by atoms with van der Waals surface area (Å²) < 4.78 is 59.5. The van der Waals surface area contributed by atoms with Crippen molar-refractivity contribution in [1.82, 2.24) is 9.97 Å². The minimum atomic E-state index is -1.81. The lowest BCUT2D eigenvalue weighted by Crippen LogP contribution is -2.28. The Bertz CT molecular complexity index is 1540. The van der Waals surface area contributed by atoms with Gasteiger partial charge >= 0.3 is 17.6 Å². The third-order valence-corrected chi connectivity index (χ3v) is 6.11. The Labute approximate surface area is 254 Å². The van der Waals surface area contributed by atoms with Gasteiger partial charge in [-0.05, 0) is 26.0 Å². The fraction of sp³-hybridized carbons (Fsp3) is 0.333. The molecule has 3 aromatic rings. The van der Waals surface area contributed by atoms with Crippen LogP contribution in [-0.2, 0) is 25.7 Å². The largest absolute Gasteiger partial charge is 0.496 e. The number of hydrogen-bond acceptors (Lipinski definition) is 13. The maximum atomic E-state index is 14.5. The predicted octanol–water partition coefficient (Wildman–Crippen LogP) is 4.87. The van der Waals surface area contributed by atoms with Gasteiger partial charge in [0.25, 0.3) is 5.88 Å². The lowest BCUT2D eigenvalue weighted by molar-refractivity contribution is -0.385. The number of nitrogens with one attached hydrogen (secondary N) is 1. The van der Waals surface area contributed by atoms with E-state index in [1.54, 1.807) is 0 Å². The molecule has 2 aromatic carbocycles. The second-order valence-corrected chi connectivity index (χ2v) is 8.83. The highest BCUT2D eigenvalue weighted by molar-refractivity contribution is 6.33. The number of rotatable bonds is 14. The van der Waals surface area contributed by atoms with E-state index < -0.39 is 64.2 Å². The molecule has 0 unspecified atom stereocenters. The van der Waals surface area contributed by atoms with Crippen LogP contribution in [0.25, 0.3) is 0 Å². The molecule has 14 nitrogen and oxygen atoms in total. The minimum Gasteiger partial charge on any atom is -0.496 e. The maximum Gasteiger partial charge on any atom is 0.373 e. The van der Waals surface area contributed by atoms with Gasteiger partial charge in [0.1, 0.15) is 12.4 Å². The zero-order chi connectivity index (χ0) is 32.6. The van der Waals surface area contributed by atoms with E-state index in [1.165, 1.54) is 46.3 Å². The topological polar surface area (TPSA) is 170 Å². The molecule has 0 aliphatic rings. The molecule has 1 heterocycles. The van der Waals surface area contributed by atoms with Crippen molar-refractivity contribution in [2.45, 2.75) is 26.4 Å². The van der Waals surface area contributed by atoms with Crippen LogP contribution in [0, 0.1) is 21.7 Å². The van der Waals surface area contributed by atoms with Crippen LogP contribution < -0.4 is 24.3 Å². The normalized spacial score (nSPS) is 10.7. The summed E-state index contributed by atoms with van der Waals surface area (Å²) in [6.45, 7) is 2.30. The number of nitrogens with zero attached hydrogens (tertiary/aromatic N) is 3. The van der Waals surface area contributed by atoms with Crippen molar-refractivity contribution in [2.24, 2.45) is 0 Å². The van der Waals surface area contributed by atoms with E-state index in [9.17, 15) is 28.5 Å². The summed E-state index contributed by atoms with van der Waals surface area (Å²) >= 11 is 6.41. The Balaban J connectivity index is 2.12. The highest BCUT2D eigenvalue weighted by Crippen LogP contribution is 2.41. The van der Waals surface area contributed by atoms with Crippen LogP contribution in [0.4, 0.5) is 26.0 Å². The van der Waals surface area contributed by atoms with Crippen molar-refractivity contribution in [3.63, 3.8) is 0 Å². The molecule has 0 aliphatic carbocycles. The van der Waals surface area contributed by atoms with Crippen molar-refractivity contribution < 1.29 is 51.7 Å². The van der Waals surface area contributed by atoms with E-state index in [0.29, 0.717) is 0 Å². The summed E-state index contributed by atoms with van der Waals surface area (Å²) in [6.07, 6.45) is 0. The molecule has 0 spiro atoms. The van der Waals surface area contributed by atoms with E-state index in [4.69, 9.17) is 40.0 Å². The van der Waals surface area contributed by atoms with Crippen molar-refractivity contribution in [1.29, 1.82) is 0 Å². The first kappa shape index (κ1) is 33.5. The Morgan fingerprint density at radius 3 is 2.16 bits per heavy atom. The molecule has 0 fully saturated rings. The van der Waals surface area contributed by atoms with Crippen LogP contribution in [0.2, 0.25) is 5.02 Å². The van der Waals surface area contributed by atoms with Gasteiger partial charge in [0, 0.05) is 12.1 Å². The zero-order valence-electron chi connectivity index (χ0n) is 24.1. The molecular weight excluding hydrogens is 614 g/mol. The van der Waals surface area contributed by atoms with E-state index in [-0.39, 0.29) is 46.7 Å². The summed E-state index contributed by atoms with van der Waals surface area (Å²) in [5, 5.41) is 14.7. The summed E-state index contributed by atoms with van der Waals surface area (Å²) in [7, 11) is 3.65. The Kier molecular flexibility index (Phi) is 11.4. The molecule has 0 radical (unpaired) electrons. The van der Waals surface area contributed by atoms with Gasteiger partial charge in [-0.1, -0.05) is 11.6 Å². The molecule has 0 saturated heterocycles. The molecule has 0 amide bonds. The molecule has 1 aromatic heterocycles. The summed E-state index contributed by atoms with van der Waals surface area (Å²) in [5.74, 6) is -7.89. The second-order valence-electron chi connectivity index (χ2n) is 8.42. The van der Waals surface area contributed by atoms with Gasteiger partial charge < -0.3 is 33.7 Å². The van der Waals surface area contributed by atoms with Crippen LogP contribution in [0.15, 0.2) is 24.3 Å². The highest BCUT2D eigenvalue weighted by atomic mass is 35.5. The third-order valence-electron chi connectivity index (χ3n) is 5.80. The van der Waals surface area contributed by atoms with Gasteiger partial charge in [-0.15, -0.1) is 0 Å². The lowest BCUT2D eigenvalue weighted by Gasteiger charge is -2.18. The molecule has 236 valence electrons. The number of hydrogen-bond donors (Lipinski definition) is 1. The molecule has 0 bridgehead atoms. The van der Waals surface area contributed by atoms with Crippen molar-refractivity contribution in [2.75, 3.05) is 39.9 Å². The summed E-state index contributed by atoms with van der Waals surface area (Å²) in [5.41, 5.74) is -1.06. The van der Waals surface area contributed by atoms with Crippen LogP contribution in [0.1, 0.15) is 31.2 Å². The van der Waals surface area contributed by atoms with Crippen LogP contribution in [-0.4, -0.2) is 61.4 Å². The monoisotopic (exact) mass is 640 g/mol. The number of benzene rings is 2. The first-order valence-electron chi connectivity index (χ1n) is 12.7. The van der Waals surface area contributed by atoms with Crippen molar-refractivity contribution >= 4 is 40.7 Å². The number of carbonyl (C=O) groups is 2. The number of methoxy groups -OCH3 is 3. The summed E-state index contributed by atoms with van der Waals surface area (Å²) in [6, 6.07) is 4.65. The van der Waals surface area contributed by atoms with Gasteiger partial charge in [-0.3, -0.25) is 19.7 Å². The number of carbonyl (C=O) groups excluding carboxylic acids is 2. The van der Waals surface area contributed by atoms with E-state index in [2.05, 4.69) is 15.3 Å². The molecule has 17 heteroatoms. The number of anilines is 2. The lowest BCUT2D eigenvalue weighted by atomic mass is 10.1. The fourth-order valence-corrected chi connectivity index (χ4v) is 4.01. The number of halogens is 3. The van der Waals surface area contributed by atoms with Crippen LogP contribution >= 0.6 is 11.6 Å². The van der Waals surface area contributed by atoms with E-state index >= 15 is 0 Å². The molecule has 0 aliphatic heterocycles. The Morgan fingerprint density at radius 2 is 1.61 bits per heavy atom. The van der Waals surface area contributed by atoms with Gasteiger partial charge in [0.05, 0.1) is 55.7 Å². The van der Waals surface area contributed by atoms with Gasteiger partial charge in [0.15, 0.2) is 29.0 Å². The van der Waals surface area contributed by atoms with Crippen LogP contribution in [0.3, 0.4) is 0 Å². The highest BCUT2D eigenvalue weighted by Gasteiger charge is 2.38. The second kappa shape index (κ2) is 15.0. The Hall–Kier alpha value is -4.99. The zero-order valence-corrected chi connectivity index (χ0v) is 24.8. The van der Waals surface area contributed by atoms with Gasteiger partial charge in [-0.25, -0.2) is 13.8 Å². The number of ether oxygens (including phenoxy) is 6. The number of esters is 2. The third kappa shape index (κ3) is 7.31. The van der Waals surface area contributed by atoms with Gasteiger partial charge in [-0.2, -0.15) is 4.98 Å². The molecule has 0 atom stereocenters. The molecule has 44 heavy (non-hydrogen) atoms. The average molecular weight is 641 g/mol.